The van der Waals surface area contributed by atoms with Crippen molar-refractivity contribution in [2.24, 2.45) is 0 Å². The largest absolute Gasteiger partial charge is 0.497 e. The van der Waals surface area contributed by atoms with Gasteiger partial charge in [0.05, 0.1) is 13.7 Å². The summed E-state index contributed by atoms with van der Waals surface area (Å²) in [5, 5.41) is 0. The minimum atomic E-state index is -0.330. The van der Waals surface area contributed by atoms with Crippen LogP contribution in [0.4, 0.5) is 0 Å². The van der Waals surface area contributed by atoms with Gasteiger partial charge in [-0.3, -0.25) is 0 Å². The molecule has 4 heteroatoms. The Balaban J connectivity index is 1.84. The molecule has 0 bridgehead atoms. The first-order valence-corrected chi connectivity index (χ1v) is 4.71. The van der Waals surface area contributed by atoms with E-state index in [4.69, 9.17) is 14.2 Å². The second kappa shape index (κ2) is 4.31. The number of epoxide rings is 1. The van der Waals surface area contributed by atoms with Crippen LogP contribution in [0.3, 0.4) is 0 Å². The Kier molecular flexibility index (Phi) is 2.87. The summed E-state index contributed by atoms with van der Waals surface area (Å²) in [6.45, 7) is 0.768. The van der Waals surface area contributed by atoms with Crippen LogP contribution in [0.25, 0.3) is 0 Å². The van der Waals surface area contributed by atoms with E-state index in [0.29, 0.717) is 6.61 Å². The summed E-state index contributed by atoms with van der Waals surface area (Å²) in [4.78, 5) is 11.1. The van der Waals surface area contributed by atoms with Crippen LogP contribution in [0.2, 0.25) is 0 Å². The fourth-order valence-corrected chi connectivity index (χ4v) is 1.15. The number of hydrogen-bond acceptors (Lipinski definition) is 4. The van der Waals surface area contributed by atoms with E-state index in [9.17, 15) is 4.79 Å². The third-order valence-corrected chi connectivity index (χ3v) is 2.14. The van der Waals surface area contributed by atoms with Gasteiger partial charge in [0, 0.05) is 0 Å². The molecule has 0 saturated carbocycles. The summed E-state index contributed by atoms with van der Waals surface area (Å²) >= 11 is 0. The van der Waals surface area contributed by atoms with E-state index in [0.717, 1.165) is 11.3 Å². The van der Waals surface area contributed by atoms with Crippen molar-refractivity contribution in [1.29, 1.82) is 0 Å². The first kappa shape index (κ1) is 9.98. The smallest absolute Gasteiger partial charge is 0.338 e. The third kappa shape index (κ3) is 2.70. The monoisotopic (exact) mass is 208 g/mol. The lowest BCUT2D eigenvalue weighted by Gasteiger charge is -2.04. The molecule has 1 aromatic carbocycles. The zero-order valence-corrected chi connectivity index (χ0v) is 8.43. The van der Waals surface area contributed by atoms with Crippen molar-refractivity contribution in [2.75, 3.05) is 13.7 Å². The molecule has 1 heterocycles. The van der Waals surface area contributed by atoms with Gasteiger partial charge in [0.2, 0.25) is 0 Å². The van der Waals surface area contributed by atoms with Crippen LogP contribution in [0.5, 0.6) is 5.75 Å². The number of hydrogen-bond donors (Lipinski definition) is 0. The Labute approximate surface area is 87.8 Å². The summed E-state index contributed by atoms with van der Waals surface area (Å²) < 4.78 is 14.8. The minimum Gasteiger partial charge on any atom is -0.497 e. The Hall–Kier alpha value is -1.55. The number of benzene rings is 1. The molecule has 1 fully saturated rings. The second-order valence-corrected chi connectivity index (χ2v) is 3.28. The minimum absolute atomic E-state index is 0.280. The number of rotatable bonds is 4. The van der Waals surface area contributed by atoms with Crippen LogP contribution in [-0.4, -0.2) is 25.8 Å². The first-order chi connectivity index (χ1) is 7.29. The van der Waals surface area contributed by atoms with Gasteiger partial charge in [0.15, 0.2) is 6.10 Å². The van der Waals surface area contributed by atoms with Gasteiger partial charge < -0.3 is 14.2 Å². The highest BCUT2D eigenvalue weighted by molar-refractivity contribution is 5.76. The van der Waals surface area contributed by atoms with Gasteiger partial charge >= 0.3 is 5.97 Å². The molecule has 0 spiro atoms. The number of ether oxygens (including phenoxy) is 3. The van der Waals surface area contributed by atoms with Gasteiger partial charge in [-0.1, -0.05) is 12.1 Å². The molecule has 0 aliphatic carbocycles. The van der Waals surface area contributed by atoms with Crippen LogP contribution >= 0.6 is 0 Å². The molecule has 1 saturated heterocycles. The zero-order valence-electron chi connectivity index (χ0n) is 8.43. The van der Waals surface area contributed by atoms with Gasteiger partial charge in [-0.2, -0.15) is 0 Å². The van der Waals surface area contributed by atoms with Gasteiger partial charge in [-0.05, 0) is 17.7 Å². The van der Waals surface area contributed by atoms with E-state index in [1.807, 2.05) is 24.3 Å². The highest BCUT2D eigenvalue weighted by atomic mass is 16.6. The zero-order chi connectivity index (χ0) is 10.7. The van der Waals surface area contributed by atoms with Gasteiger partial charge in [0.1, 0.15) is 12.4 Å². The highest BCUT2D eigenvalue weighted by Crippen LogP contribution is 2.14. The van der Waals surface area contributed by atoms with Gasteiger partial charge in [0.25, 0.3) is 0 Å². The van der Waals surface area contributed by atoms with Crippen molar-refractivity contribution < 1.29 is 19.0 Å². The van der Waals surface area contributed by atoms with Crippen molar-refractivity contribution in [3.8, 4) is 5.75 Å². The van der Waals surface area contributed by atoms with Crippen molar-refractivity contribution >= 4 is 5.97 Å². The molecule has 1 unspecified atom stereocenters. The van der Waals surface area contributed by atoms with Crippen LogP contribution in [-0.2, 0) is 20.9 Å². The Morgan fingerprint density at radius 1 is 1.47 bits per heavy atom. The van der Waals surface area contributed by atoms with Crippen molar-refractivity contribution in [3.63, 3.8) is 0 Å². The molecular formula is C11H12O4. The van der Waals surface area contributed by atoms with Gasteiger partial charge in [-0.25, -0.2) is 4.79 Å². The van der Waals surface area contributed by atoms with E-state index in [1.54, 1.807) is 7.11 Å². The number of carbonyl (C=O) groups is 1. The lowest BCUT2D eigenvalue weighted by molar-refractivity contribution is -0.146. The van der Waals surface area contributed by atoms with E-state index < -0.39 is 0 Å². The summed E-state index contributed by atoms with van der Waals surface area (Å²) in [7, 11) is 1.61. The molecule has 80 valence electrons. The maximum absolute atomic E-state index is 11.1. The predicted octanol–water partition coefficient (Wildman–Crippen LogP) is 1.14. The van der Waals surface area contributed by atoms with E-state index in [2.05, 4.69) is 0 Å². The summed E-state index contributed by atoms with van der Waals surface area (Å²) in [6.07, 6.45) is -0.330. The van der Waals surface area contributed by atoms with E-state index in [-0.39, 0.29) is 18.7 Å². The average molecular weight is 208 g/mol. The molecule has 1 aliphatic rings. The fourth-order valence-electron chi connectivity index (χ4n) is 1.15. The van der Waals surface area contributed by atoms with Crippen molar-refractivity contribution in [2.45, 2.75) is 12.7 Å². The first-order valence-electron chi connectivity index (χ1n) is 4.71. The third-order valence-electron chi connectivity index (χ3n) is 2.14. The Morgan fingerprint density at radius 2 is 2.13 bits per heavy atom. The molecule has 0 radical (unpaired) electrons. The van der Waals surface area contributed by atoms with E-state index in [1.165, 1.54) is 0 Å². The summed E-state index contributed by atoms with van der Waals surface area (Å²) in [6, 6.07) is 7.38. The predicted molar refractivity (Wildman–Crippen MR) is 52.5 cm³/mol. The molecule has 0 aromatic heterocycles. The quantitative estimate of drug-likeness (QED) is 0.550. The van der Waals surface area contributed by atoms with Crippen LogP contribution in [0.15, 0.2) is 24.3 Å². The van der Waals surface area contributed by atoms with Gasteiger partial charge in [-0.15, -0.1) is 0 Å². The standard InChI is InChI=1S/C11H12O4/c1-13-9-4-2-8(3-5-9)6-15-11(12)10-7-14-10/h2-5,10H,6-7H2,1H3. The molecular weight excluding hydrogens is 196 g/mol. The topological polar surface area (TPSA) is 48.1 Å². The Morgan fingerprint density at radius 3 is 2.67 bits per heavy atom. The fraction of sp³-hybridized carbons (Fsp3) is 0.364. The lowest BCUT2D eigenvalue weighted by Crippen LogP contribution is -2.11. The molecule has 0 N–H and O–H groups in total. The molecule has 2 rings (SSSR count). The summed E-state index contributed by atoms with van der Waals surface area (Å²) in [5.41, 5.74) is 0.935. The summed E-state index contributed by atoms with van der Waals surface area (Å²) in [5.74, 6) is 0.501. The number of carbonyl (C=O) groups excluding carboxylic acids is 1. The second-order valence-electron chi connectivity index (χ2n) is 3.28. The van der Waals surface area contributed by atoms with Crippen LogP contribution in [0.1, 0.15) is 5.56 Å². The normalized spacial score (nSPS) is 18.3. The molecule has 1 aliphatic heterocycles. The molecule has 4 nitrogen and oxygen atoms in total. The SMILES string of the molecule is COc1ccc(COC(=O)C2CO2)cc1. The van der Waals surface area contributed by atoms with E-state index >= 15 is 0 Å². The maximum Gasteiger partial charge on any atom is 0.338 e. The molecule has 1 atom stereocenters. The van der Waals surface area contributed by atoms with Crippen LogP contribution < -0.4 is 4.74 Å². The molecule has 1 aromatic rings. The Bertz CT molecular complexity index is 340. The van der Waals surface area contributed by atoms with Crippen LogP contribution in [0, 0.1) is 0 Å². The van der Waals surface area contributed by atoms with Crippen molar-refractivity contribution in [1.82, 2.24) is 0 Å². The van der Waals surface area contributed by atoms with Crippen molar-refractivity contribution in [3.05, 3.63) is 29.8 Å². The molecule has 15 heavy (non-hydrogen) atoms. The number of esters is 1. The maximum atomic E-state index is 11.1. The average Bonchev–Trinajstić information content (AvgIpc) is 3.10. The number of methoxy groups -OCH3 is 1. The highest BCUT2D eigenvalue weighted by Gasteiger charge is 2.32. The molecule has 0 amide bonds. The lowest BCUT2D eigenvalue weighted by atomic mass is 10.2.